The first-order chi connectivity index (χ1) is 8.90. The summed E-state index contributed by atoms with van der Waals surface area (Å²) in [5.74, 6) is 0.661. The van der Waals surface area contributed by atoms with Gasteiger partial charge in [-0.1, -0.05) is 24.8 Å². The van der Waals surface area contributed by atoms with Gasteiger partial charge in [-0.25, -0.2) is 0 Å². The van der Waals surface area contributed by atoms with Crippen molar-refractivity contribution in [1.29, 1.82) is 0 Å². The average Bonchev–Trinajstić information content (AvgIpc) is 2.34. The highest BCUT2D eigenvalue weighted by Crippen LogP contribution is 2.15. The van der Waals surface area contributed by atoms with Gasteiger partial charge in [0.2, 0.25) is 0 Å². The summed E-state index contributed by atoms with van der Waals surface area (Å²) in [6.45, 7) is 5.50. The zero-order valence-corrected chi connectivity index (χ0v) is 11.9. The largest absolute Gasteiger partial charge is 0.465 e. The maximum absolute atomic E-state index is 10.7. The Bertz CT molecular complexity index is 510. The molecule has 1 aromatic rings. The van der Waals surface area contributed by atoms with E-state index in [1.807, 2.05) is 18.2 Å². The average molecular weight is 286 g/mol. The second-order valence-corrected chi connectivity index (χ2v) is 5.50. The summed E-state index contributed by atoms with van der Waals surface area (Å²) in [5, 5.41) is 0. The quantitative estimate of drug-likeness (QED) is 0.416. The molecule has 5 nitrogen and oxygen atoms in total. The van der Waals surface area contributed by atoms with Crippen LogP contribution in [-0.4, -0.2) is 34.2 Å². The van der Waals surface area contributed by atoms with Crippen molar-refractivity contribution in [2.75, 3.05) is 19.5 Å². The van der Waals surface area contributed by atoms with Gasteiger partial charge in [0.05, 0.1) is 19.5 Å². The van der Waals surface area contributed by atoms with Crippen LogP contribution in [0.4, 0.5) is 0 Å². The third-order valence-electron chi connectivity index (χ3n) is 2.13. The zero-order valence-electron chi connectivity index (χ0n) is 11.0. The van der Waals surface area contributed by atoms with Gasteiger partial charge in [-0.2, -0.15) is 8.42 Å². The molecule has 0 spiro atoms. The molecular formula is C13H18O5S. The number of ether oxygens (including phenoxy) is 2. The predicted molar refractivity (Wildman–Crippen MR) is 73.4 cm³/mol. The van der Waals surface area contributed by atoms with Crippen LogP contribution in [0, 0.1) is 0 Å². The number of rotatable bonds is 8. The number of hydrogen-bond acceptors (Lipinski definition) is 5. The van der Waals surface area contributed by atoms with Gasteiger partial charge in [0.15, 0.2) is 6.29 Å². The van der Waals surface area contributed by atoms with Crippen LogP contribution in [0.3, 0.4) is 0 Å². The molecule has 0 aliphatic heterocycles. The Labute approximate surface area is 113 Å². The van der Waals surface area contributed by atoms with Gasteiger partial charge in [-0.3, -0.25) is 4.18 Å². The van der Waals surface area contributed by atoms with Gasteiger partial charge >= 0.3 is 0 Å². The summed E-state index contributed by atoms with van der Waals surface area (Å²) in [7, 11) is -3.42. The fourth-order valence-corrected chi connectivity index (χ4v) is 1.71. The summed E-state index contributed by atoms with van der Waals surface area (Å²) in [6, 6.07) is 7.40. The van der Waals surface area contributed by atoms with Gasteiger partial charge in [0.1, 0.15) is 5.75 Å². The van der Waals surface area contributed by atoms with Gasteiger partial charge in [-0.15, -0.1) is 0 Å². The Kier molecular flexibility index (Phi) is 6.01. The van der Waals surface area contributed by atoms with E-state index in [4.69, 9.17) is 9.47 Å². The molecule has 0 aromatic heterocycles. The molecule has 1 aromatic carbocycles. The molecule has 1 rings (SSSR count). The summed E-state index contributed by atoms with van der Waals surface area (Å²) >= 11 is 0. The normalized spacial score (nSPS) is 12.9. The second kappa shape index (κ2) is 7.28. The summed E-state index contributed by atoms with van der Waals surface area (Å²) in [4.78, 5) is 0. The van der Waals surface area contributed by atoms with Gasteiger partial charge < -0.3 is 9.47 Å². The van der Waals surface area contributed by atoms with E-state index >= 15 is 0 Å². The first kappa shape index (κ1) is 15.7. The molecular weight excluding hydrogens is 268 g/mol. The van der Waals surface area contributed by atoms with E-state index in [9.17, 15) is 8.42 Å². The third kappa shape index (κ3) is 6.95. The van der Waals surface area contributed by atoms with Crippen LogP contribution in [0.15, 0.2) is 30.8 Å². The van der Waals surface area contributed by atoms with Crippen molar-refractivity contribution in [2.45, 2.75) is 13.2 Å². The summed E-state index contributed by atoms with van der Waals surface area (Å²) < 4.78 is 36.8. The molecule has 0 radical (unpaired) electrons. The van der Waals surface area contributed by atoms with Crippen LogP contribution in [-0.2, 0) is 19.0 Å². The van der Waals surface area contributed by atoms with Gasteiger partial charge in [0, 0.05) is 0 Å². The lowest BCUT2D eigenvalue weighted by atomic mass is 10.2. The fourth-order valence-electron chi connectivity index (χ4n) is 1.34. The molecule has 106 valence electrons. The van der Waals surface area contributed by atoms with E-state index < -0.39 is 16.4 Å². The van der Waals surface area contributed by atoms with E-state index in [1.54, 1.807) is 19.1 Å². The van der Waals surface area contributed by atoms with E-state index in [-0.39, 0.29) is 13.2 Å². The lowest BCUT2D eigenvalue weighted by Crippen LogP contribution is -2.20. The minimum Gasteiger partial charge on any atom is -0.465 e. The van der Waals surface area contributed by atoms with Crippen LogP contribution >= 0.6 is 0 Å². The Morgan fingerprint density at radius 2 is 2.11 bits per heavy atom. The lowest BCUT2D eigenvalue weighted by Gasteiger charge is -2.15. The van der Waals surface area contributed by atoms with Crippen LogP contribution in [0.2, 0.25) is 0 Å². The molecule has 0 aliphatic rings. The third-order valence-corrected chi connectivity index (χ3v) is 2.72. The number of benzene rings is 1. The van der Waals surface area contributed by atoms with Crippen LogP contribution in [0.25, 0.3) is 6.08 Å². The molecule has 1 atom stereocenters. The summed E-state index contributed by atoms with van der Waals surface area (Å²) in [5.41, 5.74) is 0.949. The molecule has 1 unspecified atom stereocenters. The molecule has 0 aliphatic carbocycles. The number of hydrogen-bond donors (Lipinski definition) is 0. The predicted octanol–water partition coefficient (Wildman–Crippen LogP) is 2.05. The second-order valence-electron chi connectivity index (χ2n) is 3.86. The van der Waals surface area contributed by atoms with Crippen molar-refractivity contribution in [1.82, 2.24) is 0 Å². The maximum Gasteiger partial charge on any atom is 0.264 e. The van der Waals surface area contributed by atoms with E-state index in [1.165, 1.54) is 0 Å². The molecule has 19 heavy (non-hydrogen) atoms. The molecule has 0 heterocycles. The molecule has 6 heteroatoms. The molecule has 0 N–H and O–H groups in total. The first-order valence-electron chi connectivity index (χ1n) is 5.76. The van der Waals surface area contributed by atoms with Crippen molar-refractivity contribution in [3.05, 3.63) is 36.4 Å². The standard InChI is InChI=1S/C13H18O5S/c1-4-12-6-5-7-13(10-12)18-11(2)16-8-9-17-19(3,14)15/h4-7,10-11H,1,8-9H2,2-3H3. The smallest absolute Gasteiger partial charge is 0.264 e. The monoisotopic (exact) mass is 286 g/mol. The van der Waals surface area contributed by atoms with Crippen molar-refractivity contribution >= 4 is 16.2 Å². The van der Waals surface area contributed by atoms with Crippen molar-refractivity contribution < 1.29 is 22.1 Å². The van der Waals surface area contributed by atoms with E-state index in [2.05, 4.69) is 10.8 Å². The van der Waals surface area contributed by atoms with Gasteiger partial charge in [0.25, 0.3) is 10.1 Å². The Morgan fingerprint density at radius 1 is 1.37 bits per heavy atom. The molecule has 0 amide bonds. The highest BCUT2D eigenvalue weighted by atomic mass is 32.2. The Morgan fingerprint density at radius 3 is 2.74 bits per heavy atom. The maximum atomic E-state index is 10.7. The van der Waals surface area contributed by atoms with Crippen molar-refractivity contribution in [3.8, 4) is 5.75 Å². The van der Waals surface area contributed by atoms with Crippen LogP contribution in [0.1, 0.15) is 12.5 Å². The fraction of sp³-hybridized carbons (Fsp3) is 0.385. The van der Waals surface area contributed by atoms with E-state index in [0.29, 0.717) is 5.75 Å². The molecule has 0 fully saturated rings. The van der Waals surface area contributed by atoms with Crippen LogP contribution in [0.5, 0.6) is 5.75 Å². The highest BCUT2D eigenvalue weighted by Gasteiger charge is 2.06. The minimum absolute atomic E-state index is 0.0285. The molecule has 0 saturated heterocycles. The molecule has 0 bridgehead atoms. The van der Waals surface area contributed by atoms with Crippen LogP contribution < -0.4 is 4.74 Å². The van der Waals surface area contributed by atoms with Crippen molar-refractivity contribution in [3.63, 3.8) is 0 Å². The van der Waals surface area contributed by atoms with E-state index in [0.717, 1.165) is 11.8 Å². The SMILES string of the molecule is C=Cc1cccc(OC(C)OCCOS(C)(=O)=O)c1. The first-order valence-corrected chi connectivity index (χ1v) is 7.57. The lowest BCUT2D eigenvalue weighted by molar-refractivity contribution is -0.0735. The van der Waals surface area contributed by atoms with Crippen molar-refractivity contribution in [2.24, 2.45) is 0 Å². The molecule has 0 saturated carbocycles. The topological polar surface area (TPSA) is 61.8 Å². The Hall–Kier alpha value is -1.37. The zero-order chi connectivity index (χ0) is 14.3. The Balaban J connectivity index is 2.34. The summed E-state index contributed by atoms with van der Waals surface area (Å²) in [6.07, 6.45) is 2.22. The highest BCUT2D eigenvalue weighted by molar-refractivity contribution is 7.85. The minimum atomic E-state index is -3.42. The van der Waals surface area contributed by atoms with Gasteiger partial charge in [-0.05, 0) is 24.6 Å².